The Bertz CT molecular complexity index is 420. The molecule has 1 N–H and O–H groups in total. The molecular formula is C18H31N3. The molecular weight excluding hydrogens is 258 g/mol. The van der Waals surface area contributed by atoms with Gasteiger partial charge in [-0.05, 0) is 17.5 Å². The van der Waals surface area contributed by atoms with Crippen LogP contribution in [0.4, 0.5) is 5.69 Å². The third-order valence-electron chi connectivity index (χ3n) is 4.03. The Labute approximate surface area is 130 Å². The van der Waals surface area contributed by atoms with Crippen molar-refractivity contribution < 1.29 is 0 Å². The van der Waals surface area contributed by atoms with E-state index in [1.807, 2.05) is 0 Å². The van der Waals surface area contributed by atoms with Crippen LogP contribution in [0.25, 0.3) is 0 Å². The van der Waals surface area contributed by atoms with Gasteiger partial charge in [-0.25, -0.2) is 0 Å². The number of nitrogens with zero attached hydrogens (tertiary/aromatic N) is 2. The van der Waals surface area contributed by atoms with Crippen LogP contribution in [-0.2, 0) is 6.54 Å². The zero-order valence-electron chi connectivity index (χ0n) is 14.1. The van der Waals surface area contributed by atoms with Crippen molar-refractivity contribution >= 4 is 5.69 Å². The lowest BCUT2D eigenvalue weighted by Crippen LogP contribution is -2.47. The monoisotopic (exact) mass is 289 g/mol. The lowest BCUT2D eigenvalue weighted by molar-refractivity contribution is 0.231. The maximum Gasteiger partial charge on any atom is 0.0412 e. The molecule has 0 bridgehead atoms. The Morgan fingerprint density at radius 2 is 1.67 bits per heavy atom. The first-order valence-electron chi connectivity index (χ1n) is 8.35. The highest BCUT2D eigenvalue weighted by atomic mass is 15.3. The van der Waals surface area contributed by atoms with Gasteiger partial charge in [-0.2, -0.15) is 0 Å². The van der Waals surface area contributed by atoms with Crippen LogP contribution in [0.1, 0.15) is 33.3 Å². The van der Waals surface area contributed by atoms with Gasteiger partial charge in [0.05, 0.1) is 0 Å². The van der Waals surface area contributed by atoms with Crippen LogP contribution in [-0.4, -0.2) is 43.7 Å². The molecule has 0 spiro atoms. The second kappa shape index (κ2) is 7.81. The van der Waals surface area contributed by atoms with Crippen molar-refractivity contribution in [2.24, 2.45) is 5.92 Å². The van der Waals surface area contributed by atoms with Crippen molar-refractivity contribution in [1.29, 1.82) is 0 Å². The van der Waals surface area contributed by atoms with E-state index in [0.717, 1.165) is 25.6 Å². The molecule has 118 valence electrons. The number of anilines is 1. The maximum atomic E-state index is 3.54. The summed E-state index contributed by atoms with van der Waals surface area (Å²) in [5.41, 5.74) is 2.83. The number of hydrogen-bond donors (Lipinski definition) is 1. The molecule has 0 unspecified atom stereocenters. The molecule has 0 aliphatic carbocycles. The first kappa shape index (κ1) is 16.3. The van der Waals surface area contributed by atoms with Crippen LogP contribution in [0, 0.1) is 5.92 Å². The topological polar surface area (TPSA) is 18.5 Å². The van der Waals surface area contributed by atoms with Gasteiger partial charge in [-0.3, -0.25) is 4.90 Å². The molecule has 0 saturated carbocycles. The van der Waals surface area contributed by atoms with Gasteiger partial charge in [0.2, 0.25) is 0 Å². The van der Waals surface area contributed by atoms with E-state index < -0.39 is 0 Å². The average Bonchev–Trinajstić information content (AvgIpc) is 2.46. The van der Waals surface area contributed by atoms with Crippen molar-refractivity contribution in [2.45, 2.75) is 40.3 Å². The fourth-order valence-electron chi connectivity index (χ4n) is 2.97. The van der Waals surface area contributed by atoms with Gasteiger partial charge >= 0.3 is 0 Å². The van der Waals surface area contributed by atoms with Crippen molar-refractivity contribution in [3.05, 3.63) is 29.8 Å². The number of benzene rings is 1. The summed E-state index contributed by atoms with van der Waals surface area (Å²) in [7, 11) is 0. The molecule has 0 amide bonds. The molecule has 0 atom stereocenters. The summed E-state index contributed by atoms with van der Waals surface area (Å²) in [6, 6.07) is 9.37. The van der Waals surface area contributed by atoms with Crippen LogP contribution in [0.5, 0.6) is 0 Å². The highest BCUT2D eigenvalue weighted by Crippen LogP contribution is 2.22. The Balaban J connectivity index is 1.96. The van der Waals surface area contributed by atoms with Gasteiger partial charge in [0, 0.05) is 51.0 Å². The van der Waals surface area contributed by atoms with E-state index in [4.69, 9.17) is 0 Å². The molecule has 1 fully saturated rings. The molecule has 1 saturated heterocycles. The van der Waals surface area contributed by atoms with Crippen LogP contribution in [0.2, 0.25) is 0 Å². The van der Waals surface area contributed by atoms with E-state index in [1.165, 1.54) is 30.9 Å². The third kappa shape index (κ3) is 5.01. The van der Waals surface area contributed by atoms with Gasteiger partial charge in [-0.1, -0.05) is 45.9 Å². The van der Waals surface area contributed by atoms with E-state index in [2.05, 4.69) is 67.1 Å². The van der Waals surface area contributed by atoms with Gasteiger partial charge in [0.15, 0.2) is 0 Å². The molecule has 21 heavy (non-hydrogen) atoms. The van der Waals surface area contributed by atoms with E-state index in [9.17, 15) is 0 Å². The van der Waals surface area contributed by atoms with E-state index in [1.54, 1.807) is 0 Å². The maximum absolute atomic E-state index is 3.54. The van der Waals surface area contributed by atoms with Gasteiger partial charge in [-0.15, -0.1) is 0 Å². The van der Waals surface area contributed by atoms with Gasteiger partial charge in [0.1, 0.15) is 0 Å². The summed E-state index contributed by atoms with van der Waals surface area (Å²) in [6.07, 6.45) is 0. The highest BCUT2D eigenvalue weighted by Gasteiger charge is 2.19. The molecule has 2 rings (SSSR count). The molecule has 1 aromatic carbocycles. The van der Waals surface area contributed by atoms with Gasteiger partial charge < -0.3 is 10.2 Å². The fourth-order valence-corrected chi connectivity index (χ4v) is 2.97. The van der Waals surface area contributed by atoms with Crippen LogP contribution >= 0.6 is 0 Å². The number of piperazine rings is 1. The smallest absolute Gasteiger partial charge is 0.0412 e. The Morgan fingerprint density at radius 1 is 1.00 bits per heavy atom. The third-order valence-corrected chi connectivity index (χ3v) is 4.03. The Kier molecular flexibility index (Phi) is 6.07. The van der Waals surface area contributed by atoms with Crippen LogP contribution < -0.4 is 10.2 Å². The largest absolute Gasteiger partial charge is 0.369 e. The second-order valence-corrected chi connectivity index (χ2v) is 6.85. The summed E-state index contributed by atoms with van der Waals surface area (Å²) in [5.74, 6) is 0.763. The summed E-state index contributed by atoms with van der Waals surface area (Å²) in [5, 5.41) is 3.54. The first-order valence-corrected chi connectivity index (χ1v) is 8.35. The molecule has 3 heteroatoms. The number of nitrogens with one attached hydrogen (secondary N) is 1. The molecule has 0 aromatic heterocycles. The molecule has 3 nitrogen and oxygen atoms in total. The first-order chi connectivity index (χ1) is 10.1. The number of hydrogen-bond acceptors (Lipinski definition) is 3. The minimum atomic E-state index is 0.529. The molecule has 1 heterocycles. The van der Waals surface area contributed by atoms with Crippen LogP contribution in [0.3, 0.4) is 0 Å². The van der Waals surface area contributed by atoms with Crippen molar-refractivity contribution in [1.82, 2.24) is 10.2 Å². The Hall–Kier alpha value is -1.06. The normalized spacial score (nSPS) is 17.0. The quantitative estimate of drug-likeness (QED) is 0.868. The summed E-state index contributed by atoms with van der Waals surface area (Å²) < 4.78 is 0. The summed E-state index contributed by atoms with van der Waals surface area (Å²) >= 11 is 0. The minimum Gasteiger partial charge on any atom is -0.369 e. The van der Waals surface area contributed by atoms with Crippen molar-refractivity contribution in [3.8, 4) is 0 Å². The zero-order valence-corrected chi connectivity index (χ0v) is 14.1. The fraction of sp³-hybridized carbons (Fsp3) is 0.667. The number of rotatable bonds is 6. The molecule has 1 aliphatic heterocycles. The molecule has 1 aliphatic rings. The van der Waals surface area contributed by atoms with Crippen molar-refractivity contribution in [3.63, 3.8) is 0 Å². The van der Waals surface area contributed by atoms with E-state index in [0.29, 0.717) is 6.04 Å². The lowest BCUT2D eigenvalue weighted by Gasteiger charge is -2.37. The van der Waals surface area contributed by atoms with E-state index in [-0.39, 0.29) is 0 Å². The molecule has 0 radical (unpaired) electrons. The molecule has 1 aromatic rings. The van der Waals surface area contributed by atoms with Crippen molar-refractivity contribution in [2.75, 3.05) is 37.6 Å². The standard InChI is InChI=1S/C18H31N3/c1-15(2)14-20-9-11-21(12-10-20)18-8-6-5-7-17(18)13-19-16(3)4/h5-8,15-16,19H,9-14H2,1-4H3. The number of para-hydroxylation sites is 1. The SMILES string of the molecule is CC(C)CN1CCN(c2ccccc2CNC(C)C)CC1. The predicted molar refractivity (Wildman–Crippen MR) is 91.9 cm³/mol. The Morgan fingerprint density at radius 3 is 2.29 bits per heavy atom. The van der Waals surface area contributed by atoms with Gasteiger partial charge in [0.25, 0.3) is 0 Å². The minimum absolute atomic E-state index is 0.529. The average molecular weight is 289 g/mol. The summed E-state index contributed by atoms with van der Waals surface area (Å²) in [4.78, 5) is 5.14. The highest BCUT2D eigenvalue weighted by molar-refractivity contribution is 5.54. The zero-order chi connectivity index (χ0) is 15.2. The summed E-state index contributed by atoms with van der Waals surface area (Å²) in [6.45, 7) is 15.9. The predicted octanol–water partition coefficient (Wildman–Crippen LogP) is 2.96. The second-order valence-electron chi connectivity index (χ2n) is 6.85. The van der Waals surface area contributed by atoms with E-state index >= 15 is 0 Å². The van der Waals surface area contributed by atoms with Crippen LogP contribution in [0.15, 0.2) is 24.3 Å². The lowest BCUT2D eigenvalue weighted by atomic mass is 10.1.